The first-order chi connectivity index (χ1) is 11.4. The highest BCUT2D eigenvalue weighted by Crippen LogP contribution is 2.36. The van der Waals surface area contributed by atoms with Crippen LogP contribution in [0.2, 0.25) is 0 Å². The molecule has 7 heteroatoms. The third-order valence-corrected chi connectivity index (χ3v) is 4.77. The maximum absolute atomic E-state index is 12.7. The van der Waals surface area contributed by atoms with Gasteiger partial charge >= 0.3 is 12.0 Å². The minimum Gasteiger partial charge on any atom is -0.478 e. The Morgan fingerprint density at radius 3 is 2.67 bits per heavy atom. The second-order valence-electron chi connectivity index (χ2n) is 6.45. The van der Waals surface area contributed by atoms with Crippen LogP contribution in [0.5, 0.6) is 0 Å². The van der Waals surface area contributed by atoms with Crippen molar-refractivity contribution in [3.63, 3.8) is 0 Å². The van der Waals surface area contributed by atoms with Crippen molar-refractivity contribution in [2.45, 2.75) is 38.1 Å². The maximum Gasteiger partial charge on any atom is 0.346 e. The molecule has 0 radical (unpaired) electrons. The molecule has 1 aliphatic carbocycles. The molecule has 0 bridgehead atoms. The molecule has 1 spiro atoms. The number of nitrogens with zero attached hydrogens (tertiary/aromatic N) is 2. The van der Waals surface area contributed by atoms with E-state index in [0.717, 1.165) is 17.9 Å². The summed E-state index contributed by atoms with van der Waals surface area (Å²) < 4.78 is 0. The molecule has 2 fully saturated rings. The van der Waals surface area contributed by atoms with E-state index in [9.17, 15) is 14.4 Å². The van der Waals surface area contributed by atoms with Gasteiger partial charge in [-0.05, 0) is 37.7 Å². The summed E-state index contributed by atoms with van der Waals surface area (Å²) in [5.41, 5.74) is -0.453. The van der Waals surface area contributed by atoms with Crippen molar-refractivity contribution >= 4 is 24.1 Å². The van der Waals surface area contributed by atoms with Crippen LogP contribution in [0.3, 0.4) is 0 Å². The standard InChI is InChI=1S/C17H19N3O4/c1-11-6-8-17(9-7-11)15(23)20(16(24)19-17)18-10-12-4-2-3-5-13(12)14(21)22/h2-5,10-11H,6-9H2,1H3,(H,19,24)(H,21,22). The number of carboxylic acid groups (broad SMARTS) is 1. The highest BCUT2D eigenvalue weighted by molar-refractivity contribution is 6.08. The van der Waals surface area contributed by atoms with Crippen molar-refractivity contribution < 1.29 is 19.5 Å². The Morgan fingerprint density at radius 2 is 2.00 bits per heavy atom. The topological polar surface area (TPSA) is 99.1 Å². The second kappa shape index (κ2) is 6.07. The minimum atomic E-state index is -1.09. The zero-order valence-corrected chi connectivity index (χ0v) is 13.4. The SMILES string of the molecule is CC1CCC2(CC1)NC(=O)N(N=Cc1ccccc1C(=O)O)C2=O. The molecule has 7 nitrogen and oxygen atoms in total. The van der Waals surface area contributed by atoms with E-state index in [-0.39, 0.29) is 11.5 Å². The van der Waals surface area contributed by atoms with E-state index in [4.69, 9.17) is 5.11 Å². The monoisotopic (exact) mass is 329 g/mol. The Balaban J connectivity index is 1.82. The summed E-state index contributed by atoms with van der Waals surface area (Å²) in [6.07, 6.45) is 4.22. The molecular weight excluding hydrogens is 310 g/mol. The van der Waals surface area contributed by atoms with Gasteiger partial charge in [-0.15, -0.1) is 5.01 Å². The normalized spacial score (nSPS) is 27.0. The highest BCUT2D eigenvalue weighted by Gasteiger charge is 2.52. The van der Waals surface area contributed by atoms with Crippen LogP contribution in [0.1, 0.15) is 48.5 Å². The van der Waals surface area contributed by atoms with Crippen LogP contribution in [0.15, 0.2) is 29.4 Å². The number of carboxylic acids is 1. The molecule has 2 aliphatic rings. The number of urea groups is 1. The summed E-state index contributed by atoms with van der Waals surface area (Å²) in [6, 6.07) is 5.73. The van der Waals surface area contributed by atoms with Crippen LogP contribution in [0, 0.1) is 5.92 Å². The first-order valence-electron chi connectivity index (χ1n) is 7.96. The fourth-order valence-electron chi connectivity index (χ4n) is 3.23. The molecule has 2 N–H and O–H groups in total. The van der Waals surface area contributed by atoms with Crippen LogP contribution in [-0.2, 0) is 4.79 Å². The Labute approximate surface area is 139 Å². The number of carbonyl (C=O) groups excluding carboxylic acids is 2. The molecular formula is C17H19N3O4. The van der Waals surface area contributed by atoms with Crippen LogP contribution in [0.25, 0.3) is 0 Å². The molecule has 0 aromatic heterocycles. The molecule has 3 rings (SSSR count). The van der Waals surface area contributed by atoms with Gasteiger partial charge in [-0.2, -0.15) is 5.10 Å². The highest BCUT2D eigenvalue weighted by atomic mass is 16.4. The average molecular weight is 329 g/mol. The first-order valence-corrected chi connectivity index (χ1v) is 7.96. The third kappa shape index (κ3) is 2.77. The van der Waals surface area contributed by atoms with E-state index in [1.165, 1.54) is 12.3 Å². The van der Waals surface area contributed by atoms with Crippen molar-refractivity contribution in [3.05, 3.63) is 35.4 Å². The quantitative estimate of drug-likeness (QED) is 0.656. The Bertz CT molecular complexity index is 720. The number of nitrogens with one attached hydrogen (secondary N) is 1. The number of aromatic carboxylic acids is 1. The van der Waals surface area contributed by atoms with E-state index >= 15 is 0 Å². The molecule has 126 valence electrons. The van der Waals surface area contributed by atoms with Crippen LogP contribution < -0.4 is 5.32 Å². The molecule has 1 saturated carbocycles. The van der Waals surface area contributed by atoms with E-state index in [2.05, 4.69) is 17.3 Å². The molecule has 0 atom stereocenters. The summed E-state index contributed by atoms with van der Waals surface area (Å²) in [5, 5.41) is 16.7. The van der Waals surface area contributed by atoms with Crippen LogP contribution in [-0.4, -0.2) is 39.8 Å². The Hall–Kier alpha value is -2.70. The Morgan fingerprint density at radius 1 is 1.33 bits per heavy atom. The lowest BCUT2D eigenvalue weighted by Crippen LogP contribution is -2.49. The number of rotatable bonds is 3. The van der Waals surface area contributed by atoms with Crippen LogP contribution in [0.4, 0.5) is 4.79 Å². The van der Waals surface area contributed by atoms with Gasteiger partial charge in [0.2, 0.25) is 0 Å². The van der Waals surface area contributed by atoms with Gasteiger partial charge in [0.05, 0.1) is 11.8 Å². The largest absolute Gasteiger partial charge is 0.478 e. The summed E-state index contributed by atoms with van der Waals surface area (Å²) in [6.45, 7) is 2.13. The molecule has 3 amide bonds. The number of imide groups is 1. The second-order valence-corrected chi connectivity index (χ2v) is 6.45. The van der Waals surface area contributed by atoms with Crippen molar-refractivity contribution in [1.82, 2.24) is 10.3 Å². The molecule has 24 heavy (non-hydrogen) atoms. The molecule has 1 aliphatic heterocycles. The summed E-state index contributed by atoms with van der Waals surface area (Å²) >= 11 is 0. The van der Waals surface area contributed by atoms with Crippen LogP contribution >= 0.6 is 0 Å². The summed E-state index contributed by atoms with van der Waals surface area (Å²) in [7, 11) is 0. The lowest BCUT2D eigenvalue weighted by atomic mass is 9.77. The molecule has 0 unspecified atom stereocenters. The van der Waals surface area contributed by atoms with E-state index in [0.29, 0.717) is 24.3 Å². The number of hydrogen-bond donors (Lipinski definition) is 2. The number of amides is 3. The van der Waals surface area contributed by atoms with Gasteiger partial charge < -0.3 is 10.4 Å². The first kappa shape index (κ1) is 16.2. The van der Waals surface area contributed by atoms with E-state index in [1.54, 1.807) is 18.2 Å². The fraction of sp³-hybridized carbons (Fsp3) is 0.412. The average Bonchev–Trinajstić information content (AvgIpc) is 2.79. The van der Waals surface area contributed by atoms with Crippen molar-refractivity contribution in [2.24, 2.45) is 11.0 Å². The Kier molecular flexibility index (Phi) is 4.09. The smallest absolute Gasteiger partial charge is 0.346 e. The summed E-state index contributed by atoms with van der Waals surface area (Å²) in [5.74, 6) is -0.907. The number of hydrogen-bond acceptors (Lipinski definition) is 4. The zero-order chi connectivity index (χ0) is 17.3. The van der Waals surface area contributed by atoms with E-state index in [1.807, 2.05) is 0 Å². The number of benzene rings is 1. The number of hydrazone groups is 1. The van der Waals surface area contributed by atoms with Crippen molar-refractivity contribution in [1.29, 1.82) is 0 Å². The van der Waals surface area contributed by atoms with Gasteiger partial charge in [0.1, 0.15) is 5.54 Å². The fourth-order valence-corrected chi connectivity index (χ4v) is 3.23. The predicted octanol–water partition coefficient (Wildman–Crippen LogP) is 2.22. The van der Waals surface area contributed by atoms with Crippen molar-refractivity contribution in [3.8, 4) is 0 Å². The maximum atomic E-state index is 12.7. The molecule has 1 heterocycles. The zero-order valence-electron chi connectivity index (χ0n) is 13.4. The number of carbonyl (C=O) groups is 3. The van der Waals surface area contributed by atoms with Gasteiger partial charge in [0.15, 0.2) is 0 Å². The molecule has 1 saturated heterocycles. The predicted molar refractivity (Wildman–Crippen MR) is 86.7 cm³/mol. The van der Waals surface area contributed by atoms with E-state index < -0.39 is 17.5 Å². The van der Waals surface area contributed by atoms with Gasteiger partial charge in [-0.1, -0.05) is 25.1 Å². The van der Waals surface area contributed by atoms with Gasteiger partial charge in [0.25, 0.3) is 5.91 Å². The minimum absolute atomic E-state index is 0.0644. The van der Waals surface area contributed by atoms with Gasteiger partial charge in [-0.25, -0.2) is 9.59 Å². The molecule has 1 aromatic carbocycles. The lowest BCUT2D eigenvalue weighted by molar-refractivity contribution is -0.132. The third-order valence-electron chi connectivity index (χ3n) is 4.77. The summed E-state index contributed by atoms with van der Waals surface area (Å²) in [4.78, 5) is 36.0. The van der Waals surface area contributed by atoms with Gasteiger partial charge in [-0.3, -0.25) is 4.79 Å². The lowest BCUT2D eigenvalue weighted by Gasteiger charge is -2.33. The van der Waals surface area contributed by atoms with Gasteiger partial charge in [0, 0.05) is 5.56 Å². The molecule has 1 aromatic rings. The van der Waals surface area contributed by atoms with Crippen molar-refractivity contribution in [2.75, 3.05) is 0 Å².